The molecule has 3 N–H and O–H groups in total. The largest absolute Gasteiger partial charge is 0.481 e. The predicted molar refractivity (Wildman–Crippen MR) is 133 cm³/mol. The van der Waals surface area contributed by atoms with Gasteiger partial charge in [0, 0.05) is 12.0 Å². The van der Waals surface area contributed by atoms with Crippen molar-refractivity contribution in [1.82, 2.24) is 10.6 Å². The van der Waals surface area contributed by atoms with Crippen LogP contribution in [0.4, 0.5) is 4.79 Å². The molecule has 2 amide bonds. The Labute approximate surface area is 206 Å². The van der Waals surface area contributed by atoms with Crippen molar-refractivity contribution < 1.29 is 24.2 Å². The van der Waals surface area contributed by atoms with Crippen LogP contribution in [-0.4, -0.2) is 41.3 Å². The van der Waals surface area contributed by atoms with E-state index in [1.54, 1.807) is 0 Å². The number of fused-ring (bicyclic) bond motifs is 3. The van der Waals surface area contributed by atoms with Crippen LogP contribution in [0.5, 0.6) is 0 Å². The summed E-state index contributed by atoms with van der Waals surface area (Å²) in [5.74, 6) is -1.11. The highest BCUT2D eigenvalue weighted by Crippen LogP contribution is 2.44. The summed E-state index contributed by atoms with van der Waals surface area (Å²) >= 11 is 0. The second-order valence-electron chi connectivity index (χ2n) is 9.91. The molecule has 0 aromatic heterocycles. The summed E-state index contributed by atoms with van der Waals surface area (Å²) in [6.07, 6.45) is 2.49. The SMILES string of the molecule is CC[C@H](CC(=O)O)NC(=O)C1(NC(=O)OCC2c3ccccc3-c3ccccc32)CCCC(C)C1. The number of aliphatic carboxylic acids is 1. The molecular weight excluding hydrogens is 444 g/mol. The monoisotopic (exact) mass is 478 g/mol. The van der Waals surface area contributed by atoms with Crippen LogP contribution in [0.25, 0.3) is 11.1 Å². The van der Waals surface area contributed by atoms with Gasteiger partial charge in [-0.3, -0.25) is 9.59 Å². The zero-order chi connectivity index (χ0) is 25.0. The van der Waals surface area contributed by atoms with E-state index in [4.69, 9.17) is 9.84 Å². The maximum Gasteiger partial charge on any atom is 0.408 e. The van der Waals surface area contributed by atoms with Crippen LogP contribution in [0.1, 0.15) is 69.4 Å². The second kappa shape index (κ2) is 10.5. The number of ether oxygens (including phenoxy) is 1. The minimum absolute atomic E-state index is 0.0664. The van der Waals surface area contributed by atoms with Gasteiger partial charge in [-0.2, -0.15) is 0 Å². The lowest BCUT2D eigenvalue weighted by Gasteiger charge is -2.39. The zero-order valence-corrected chi connectivity index (χ0v) is 20.4. The molecule has 186 valence electrons. The van der Waals surface area contributed by atoms with Gasteiger partial charge in [-0.1, -0.05) is 75.2 Å². The van der Waals surface area contributed by atoms with Crippen molar-refractivity contribution in [3.8, 4) is 11.1 Å². The molecule has 0 spiro atoms. The van der Waals surface area contributed by atoms with Crippen LogP contribution < -0.4 is 10.6 Å². The second-order valence-corrected chi connectivity index (χ2v) is 9.91. The number of benzene rings is 2. The average Bonchev–Trinajstić information content (AvgIpc) is 3.15. The summed E-state index contributed by atoms with van der Waals surface area (Å²) in [4.78, 5) is 37.6. The first-order valence-electron chi connectivity index (χ1n) is 12.5. The summed E-state index contributed by atoms with van der Waals surface area (Å²) < 4.78 is 5.72. The van der Waals surface area contributed by atoms with Crippen LogP contribution in [0.15, 0.2) is 48.5 Å². The van der Waals surface area contributed by atoms with Crippen molar-refractivity contribution in [3.05, 3.63) is 59.7 Å². The first kappa shape index (κ1) is 24.8. The number of carbonyl (C=O) groups is 3. The average molecular weight is 479 g/mol. The standard InChI is InChI=1S/C28H34N2O5/c1-3-19(15-25(31)32)29-26(33)28(14-8-9-18(2)16-28)30-27(34)35-17-24-22-12-6-4-10-20(22)21-11-5-7-13-23(21)24/h4-7,10-13,18-19,24H,3,8-9,14-17H2,1-2H3,(H,29,33)(H,30,34)(H,31,32)/t18?,19-,28?/m1/s1. The lowest BCUT2D eigenvalue weighted by atomic mass is 9.75. The third-order valence-electron chi connectivity index (χ3n) is 7.37. The Morgan fingerprint density at radius 3 is 2.29 bits per heavy atom. The van der Waals surface area contributed by atoms with Crippen LogP contribution in [0.2, 0.25) is 0 Å². The van der Waals surface area contributed by atoms with E-state index in [1.165, 1.54) is 0 Å². The highest BCUT2D eigenvalue weighted by atomic mass is 16.5. The molecule has 0 heterocycles. The van der Waals surface area contributed by atoms with Crippen molar-refractivity contribution in [2.75, 3.05) is 6.61 Å². The van der Waals surface area contributed by atoms with Gasteiger partial charge in [0.15, 0.2) is 0 Å². The molecule has 0 aliphatic heterocycles. The molecule has 2 aliphatic rings. The maximum absolute atomic E-state index is 13.4. The van der Waals surface area contributed by atoms with Crippen LogP contribution in [0.3, 0.4) is 0 Å². The Bertz CT molecular complexity index is 1050. The quantitative estimate of drug-likeness (QED) is 0.503. The van der Waals surface area contributed by atoms with E-state index < -0.39 is 23.6 Å². The molecule has 2 aromatic carbocycles. The van der Waals surface area contributed by atoms with Crippen molar-refractivity contribution >= 4 is 18.0 Å². The molecule has 0 saturated heterocycles. The molecule has 7 nitrogen and oxygen atoms in total. The summed E-state index contributed by atoms with van der Waals surface area (Å²) in [6, 6.07) is 15.8. The highest BCUT2D eigenvalue weighted by molar-refractivity contribution is 5.90. The first-order valence-corrected chi connectivity index (χ1v) is 12.5. The molecule has 4 rings (SSSR count). The number of hydrogen-bond donors (Lipinski definition) is 3. The number of nitrogens with one attached hydrogen (secondary N) is 2. The number of rotatable bonds is 8. The van der Waals surface area contributed by atoms with E-state index in [-0.39, 0.29) is 30.8 Å². The number of carboxylic acids is 1. The minimum Gasteiger partial charge on any atom is -0.481 e. The number of carboxylic acid groups (broad SMARTS) is 1. The van der Waals surface area contributed by atoms with Gasteiger partial charge in [0.05, 0.1) is 6.42 Å². The highest BCUT2D eigenvalue weighted by Gasteiger charge is 2.44. The molecule has 35 heavy (non-hydrogen) atoms. The van der Waals surface area contributed by atoms with Gasteiger partial charge in [-0.05, 0) is 47.4 Å². The molecule has 7 heteroatoms. The van der Waals surface area contributed by atoms with Crippen molar-refractivity contribution in [1.29, 1.82) is 0 Å². The molecule has 0 radical (unpaired) electrons. The predicted octanol–water partition coefficient (Wildman–Crippen LogP) is 4.84. The molecule has 2 aromatic rings. The van der Waals surface area contributed by atoms with E-state index in [0.29, 0.717) is 19.3 Å². The van der Waals surface area contributed by atoms with Gasteiger partial charge in [-0.25, -0.2) is 4.79 Å². The van der Waals surface area contributed by atoms with E-state index in [2.05, 4.69) is 41.8 Å². The molecule has 2 aliphatic carbocycles. The lowest BCUT2D eigenvalue weighted by molar-refractivity contribution is -0.138. The molecule has 0 bridgehead atoms. The fourth-order valence-corrected chi connectivity index (χ4v) is 5.59. The van der Waals surface area contributed by atoms with Gasteiger partial charge in [0.2, 0.25) is 5.91 Å². The van der Waals surface area contributed by atoms with Crippen LogP contribution in [0, 0.1) is 5.92 Å². The fraction of sp³-hybridized carbons (Fsp3) is 0.464. The van der Waals surface area contributed by atoms with E-state index >= 15 is 0 Å². The summed E-state index contributed by atoms with van der Waals surface area (Å²) in [7, 11) is 0. The van der Waals surface area contributed by atoms with E-state index in [9.17, 15) is 14.4 Å². The van der Waals surface area contributed by atoms with Crippen molar-refractivity contribution in [2.45, 2.75) is 69.9 Å². The first-order chi connectivity index (χ1) is 16.8. The van der Waals surface area contributed by atoms with Crippen molar-refractivity contribution in [3.63, 3.8) is 0 Å². The van der Waals surface area contributed by atoms with Crippen LogP contribution in [-0.2, 0) is 14.3 Å². The Balaban J connectivity index is 1.47. The third-order valence-corrected chi connectivity index (χ3v) is 7.37. The van der Waals surface area contributed by atoms with E-state index in [0.717, 1.165) is 35.1 Å². The summed E-state index contributed by atoms with van der Waals surface area (Å²) in [5.41, 5.74) is 3.45. The Kier molecular flexibility index (Phi) is 7.43. The molecular formula is C28H34N2O5. The topological polar surface area (TPSA) is 105 Å². The molecule has 1 saturated carbocycles. The normalized spacial score (nSPS) is 21.9. The number of alkyl carbamates (subject to hydrolysis) is 1. The number of amides is 2. The Hall–Kier alpha value is -3.35. The molecule has 2 unspecified atom stereocenters. The smallest absolute Gasteiger partial charge is 0.408 e. The van der Waals surface area contributed by atoms with Crippen molar-refractivity contribution in [2.24, 2.45) is 5.92 Å². The third kappa shape index (κ3) is 5.34. The lowest BCUT2D eigenvalue weighted by Crippen LogP contribution is -2.62. The minimum atomic E-state index is -1.10. The maximum atomic E-state index is 13.4. The summed E-state index contributed by atoms with van der Waals surface area (Å²) in [5, 5.41) is 14.9. The fourth-order valence-electron chi connectivity index (χ4n) is 5.59. The zero-order valence-electron chi connectivity index (χ0n) is 20.4. The molecule has 1 fully saturated rings. The Morgan fingerprint density at radius 2 is 1.71 bits per heavy atom. The number of hydrogen-bond acceptors (Lipinski definition) is 4. The van der Waals surface area contributed by atoms with Gasteiger partial charge < -0.3 is 20.5 Å². The molecule has 3 atom stereocenters. The number of carbonyl (C=O) groups excluding carboxylic acids is 2. The van der Waals surface area contributed by atoms with Gasteiger partial charge in [0.1, 0.15) is 12.1 Å². The Morgan fingerprint density at radius 1 is 1.09 bits per heavy atom. The van der Waals surface area contributed by atoms with Gasteiger partial charge in [0.25, 0.3) is 0 Å². The van der Waals surface area contributed by atoms with Crippen LogP contribution >= 0.6 is 0 Å². The van der Waals surface area contributed by atoms with Gasteiger partial charge in [-0.15, -0.1) is 0 Å². The van der Waals surface area contributed by atoms with Gasteiger partial charge >= 0.3 is 12.1 Å². The summed E-state index contributed by atoms with van der Waals surface area (Å²) in [6.45, 7) is 4.07. The van der Waals surface area contributed by atoms with E-state index in [1.807, 2.05) is 31.2 Å².